The quantitative estimate of drug-likeness (QED) is 0.505. The van der Waals surface area contributed by atoms with Gasteiger partial charge >= 0.3 is 12.0 Å². The van der Waals surface area contributed by atoms with E-state index in [0.29, 0.717) is 49.8 Å². The van der Waals surface area contributed by atoms with Crippen LogP contribution in [-0.2, 0) is 9.53 Å². The molecule has 1 saturated heterocycles. The van der Waals surface area contributed by atoms with Gasteiger partial charge in [0, 0.05) is 38.4 Å². The number of phenols is 1. The van der Waals surface area contributed by atoms with Crippen molar-refractivity contribution in [3.63, 3.8) is 0 Å². The van der Waals surface area contributed by atoms with E-state index in [2.05, 4.69) is 15.5 Å². The first kappa shape index (κ1) is 24.1. The molecule has 0 aliphatic carbocycles. The predicted octanol–water partition coefficient (Wildman–Crippen LogP) is 1.62. The van der Waals surface area contributed by atoms with Crippen LogP contribution in [0.4, 0.5) is 4.79 Å². The van der Waals surface area contributed by atoms with Crippen LogP contribution in [0.2, 0.25) is 0 Å². The molecule has 1 aromatic heterocycles. The average molecular weight is 485 g/mol. The van der Waals surface area contributed by atoms with E-state index in [1.165, 1.54) is 19.4 Å². The van der Waals surface area contributed by atoms with Gasteiger partial charge in [0.1, 0.15) is 0 Å². The summed E-state index contributed by atoms with van der Waals surface area (Å²) < 4.78 is 15.7. The molecule has 3 N–H and O–H groups in total. The number of piperazine rings is 1. The first-order valence-electron chi connectivity index (χ1n) is 11.3. The summed E-state index contributed by atoms with van der Waals surface area (Å²) in [5, 5.41) is 15.6. The van der Waals surface area contributed by atoms with E-state index in [4.69, 9.17) is 13.9 Å². The number of aromatic hydroxyl groups is 1. The Kier molecular flexibility index (Phi) is 7.25. The molecule has 0 saturated carbocycles. The number of phenolic OH excluding ortho intramolecular Hbond substituents is 1. The third-order valence-electron chi connectivity index (χ3n) is 5.95. The number of esters is 1. The van der Waals surface area contributed by atoms with Gasteiger partial charge in [0.25, 0.3) is 5.91 Å². The van der Waals surface area contributed by atoms with Gasteiger partial charge in [0.2, 0.25) is 0 Å². The summed E-state index contributed by atoms with van der Waals surface area (Å²) >= 11 is 0. The average Bonchev–Trinajstić information content (AvgIpc) is 3.40. The van der Waals surface area contributed by atoms with Crippen LogP contribution in [0.3, 0.4) is 0 Å². The number of amides is 3. The fourth-order valence-electron chi connectivity index (χ4n) is 4.21. The van der Waals surface area contributed by atoms with E-state index < -0.39 is 18.0 Å². The minimum atomic E-state index is -0.798. The summed E-state index contributed by atoms with van der Waals surface area (Å²) in [7, 11) is 1.28. The van der Waals surface area contributed by atoms with E-state index in [0.717, 1.165) is 0 Å². The van der Waals surface area contributed by atoms with Gasteiger partial charge in [-0.15, -0.1) is 0 Å². The van der Waals surface area contributed by atoms with E-state index in [-0.39, 0.29) is 29.5 Å². The Bertz CT molecular complexity index is 1120. The van der Waals surface area contributed by atoms with Crippen LogP contribution in [0.15, 0.2) is 52.3 Å². The van der Waals surface area contributed by atoms with Crippen LogP contribution < -0.4 is 15.4 Å². The lowest BCUT2D eigenvalue weighted by atomic mass is 9.94. The summed E-state index contributed by atoms with van der Waals surface area (Å²) in [6, 6.07) is 6.71. The minimum absolute atomic E-state index is 0.0401. The number of furan rings is 1. The number of carbonyl (C=O) groups is 3. The Balaban J connectivity index is 1.55. The number of benzene rings is 1. The number of ether oxygens (including phenoxy) is 2. The second kappa shape index (κ2) is 10.5. The number of urea groups is 1. The molecule has 1 aromatic carbocycles. The van der Waals surface area contributed by atoms with Crippen molar-refractivity contribution in [2.75, 3.05) is 46.4 Å². The molecular weight excluding hydrogens is 456 g/mol. The molecule has 2 aromatic rings. The molecule has 1 atom stereocenters. The van der Waals surface area contributed by atoms with Gasteiger partial charge in [-0.1, -0.05) is 6.07 Å². The Labute approximate surface area is 202 Å². The van der Waals surface area contributed by atoms with Crippen molar-refractivity contribution < 1.29 is 33.4 Å². The standard InChI is InChI=1S/C24H28N4O7/c1-3-34-19-13-15(6-7-17(19)29)21-20(23(31)33-2)16(25-24(32)26-21)14-27-8-10-28(11-9-27)22(30)18-5-4-12-35-18/h4-7,12-13,21,29H,3,8-11,14H2,1-2H3,(H2,25,26,32)/t21-/m0/s1. The molecule has 35 heavy (non-hydrogen) atoms. The van der Waals surface area contributed by atoms with Crippen molar-refractivity contribution in [2.45, 2.75) is 13.0 Å². The molecule has 11 heteroatoms. The van der Waals surface area contributed by atoms with Crippen LogP contribution in [0, 0.1) is 0 Å². The van der Waals surface area contributed by atoms with Gasteiger partial charge in [-0.25, -0.2) is 9.59 Å². The smallest absolute Gasteiger partial charge is 0.338 e. The zero-order valence-corrected chi connectivity index (χ0v) is 19.6. The maximum absolute atomic E-state index is 12.8. The third-order valence-corrected chi connectivity index (χ3v) is 5.95. The monoisotopic (exact) mass is 484 g/mol. The fraction of sp³-hybridized carbons (Fsp3) is 0.375. The fourth-order valence-corrected chi connectivity index (χ4v) is 4.21. The lowest BCUT2D eigenvalue weighted by Gasteiger charge is -2.36. The molecule has 3 amide bonds. The van der Waals surface area contributed by atoms with Crippen LogP contribution in [-0.4, -0.2) is 79.3 Å². The highest BCUT2D eigenvalue weighted by atomic mass is 16.5. The van der Waals surface area contributed by atoms with Gasteiger partial charge in [-0.05, 0) is 36.8 Å². The molecule has 2 aliphatic heterocycles. The summed E-state index contributed by atoms with van der Waals surface area (Å²) in [6.45, 7) is 4.47. The number of rotatable bonds is 7. The SMILES string of the molecule is CCOc1cc([C@@H]2NC(=O)NC(CN3CCN(C(=O)c4ccco4)CC3)=C2C(=O)OC)ccc1O. The predicted molar refractivity (Wildman–Crippen MR) is 124 cm³/mol. The van der Waals surface area contributed by atoms with Crippen molar-refractivity contribution in [3.05, 3.63) is 59.2 Å². The first-order valence-corrected chi connectivity index (χ1v) is 11.3. The largest absolute Gasteiger partial charge is 0.504 e. The normalized spacial score (nSPS) is 18.6. The van der Waals surface area contributed by atoms with E-state index in [1.807, 2.05) is 0 Å². The zero-order valence-electron chi connectivity index (χ0n) is 19.6. The number of methoxy groups -OCH3 is 1. The molecular formula is C24H28N4O7. The minimum Gasteiger partial charge on any atom is -0.504 e. The zero-order chi connectivity index (χ0) is 24.9. The highest BCUT2D eigenvalue weighted by Crippen LogP contribution is 2.34. The van der Waals surface area contributed by atoms with Crippen molar-refractivity contribution in [1.29, 1.82) is 0 Å². The highest BCUT2D eigenvalue weighted by Gasteiger charge is 2.35. The molecule has 186 valence electrons. The number of nitrogens with zero attached hydrogens (tertiary/aromatic N) is 2. The maximum atomic E-state index is 12.8. The molecule has 2 aliphatic rings. The lowest BCUT2D eigenvalue weighted by Crippen LogP contribution is -2.52. The van der Waals surface area contributed by atoms with Crippen molar-refractivity contribution >= 4 is 17.9 Å². The van der Waals surface area contributed by atoms with Gasteiger partial charge in [0.05, 0.1) is 31.6 Å². The molecule has 0 unspecified atom stereocenters. The second-order valence-corrected chi connectivity index (χ2v) is 8.12. The lowest BCUT2D eigenvalue weighted by molar-refractivity contribution is -0.136. The summed E-state index contributed by atoms with van der Waals surface area (Å²) in [5.41, 5.74) is 1.24. The Morgan fingerprint density at radius 2 is 1.97 bits per heavy atom. The van der Waals surface area contributed by atoms with E-state index in [1.54, 1.807) is 36.1 Å². The number of hydrogen-bond acceptors (Lipinski definition) is 8. The van der Waals surface area contributed by atoms with Crippen LogP contribution in [0.5, 0.6) is 11.5 Å². The summed E-state index contributed by atoms with van der Waals surface area (Å²) in [5.74, 6) is -0.252. The van der Waals surface area contributed by atoms with Gasteiger partial charge in [0.15, 0.2) is 17.3 Å². The van der Waals surface area contributed by atoms with Gasteiger partial charge in [-0.3, -0.25) is 9.69 Å². The molecule has 0 bridgehead atoms. The molecule has 11 nitrogen and oxygen atoms in total. The maximum Gasteiger partial charge on any atom is 0.338 e. The Morgan fingerprint density at radius 3 is 2.63 bits per heavy atom. The van der Waals surface area contributed by atoms with Crippen molar-refractivity contribution in [3.8, 4) is 11.5 Å². The molecule has 1 fully saturated rings. The second-order valence-electron chi connectivity index (χ2n) is 8.12. The van der Waals surface area contributed by atoms with Crippen LogP contribution >= 0.6 is 0 Å². The van der Waals surface area contributed by atoms with Crippen LogP contribution in [0.1, 0.15) is 29.1 Å². The summed E-state index contributed by atoms with van der Waals surface area (Å²) in [4.78, 5) is 41.6. The van der Waals surface area contributed by atoms with Crippen LogP contribution in [0.25, 0.3) is 0 Å². The molecule has 3 heterocycles. The van der Waals surface area contributed by atoms with Gasteiger partial charge in [-0.2, -0.15) is 0 Å². The molecule has 4 rings (SSSR count). The van der Waals surface area contributed by atoms with E-state index >= 15 is 0 Å². The third kappa shape index (κ3) is 5.24. The van der Waals surface area contributed by atoms with E-state index in [9.17, 15) is 19.5 Å². The first-order chi connectivity index (χ1) is 16.9. The highest BCUT2D eigenvalue weighted by molar-refractivity contribution is 5.95. The number of carbonyl (C=O) groups excluding carboxylic acids is 3. The van der Waals surface area contributed by atoms with Crippen molar-refractivity contribution in [2.24, 2.45) is 0 Å². The Morgan fingerprint density at radius 1 is 1.20 bits per heavy atom. The number of hydrogen-bond donors (Lipinski definition) is 3. The number of nitrogens with one attached hydrogen (secondary N) is 2. The topological polar surface area (TPSA) is 134 Å². The molecule has 0 radical (unpaired) electrons. The summed E-state index contributed by atoms with van der Waals surface area (Å²) in [6.07, 6.45) is 1.46. The van der Waals surface area contributed by atoms with Gasteiger partial charge < -0.3 is 34.5 Å². The Hall–Kier alpha value is -3.99. The van der Waals surface area contributed by atoms with Crippen molar-refractivity contribution in [1.82, 2.24) is 20.4 Å². The molecule has 0 spiro atoms.